The molecule has 0 radical (unpaired) electrons. The maximum Gasteiger partial charge on any atom is 0.271 e. The van der Waals surface area contributed by atoms with E-state index in [2.05, 4.69) is 58.3 Å². The van der Waals surface area contributed by atoms with Crippen LogP contribution in [0.25, 0.3) is 0 Å². The molecule has 2 heterocycles. The number of thiazole rings is 1. The molecule has 8 heteroatoms. The zero-order valence-electron chi connectivity index (χ0n) is 15.3. The summed E-state index contributed by atoms with van der Waals surface area (Å²) in [5, 5.41) is 14.8. The number of nitrogens with zero attached hydrogens (tertiary/aromatic N) is 4. The molecule has 0 atom stereocenters. The van der Waals surface area contributed by atoms with E-state index < -0.39 is 0 Å². The summed E-state index contributed by atoms with van der Waals surface area (Å²) in [4.78, 5) is 16.4. The smallest absolute Gasteiger partial charge is 0.271 e. The number of benzene rings is 1. The predicted octanol–water partition coefficient (Wildman–Crippen LogP) is 3.76. The molecule has 3 aromatic rings. The Morgan fingerprint density at radius 2 is 2.22 bits per heavy atom. The molecular formula is C19H21N5OS2. The van der Waals surface area contributed by atoms with Gasteiger partial charge in [-0.05, 0) is 19.4 Å². The Hall–Kier alpha value is -2.45. The molecule has 27 heavy (non-hydrogen) atoms. The fourth-order valence-electron chi connectivity index (χ4n) is 2.54. The van der Waals surface area contributed by atoms with Crippen LogP contribution in [0.3, 0.4) is 0 Å². The molecule has 0 aliphatic heterocycles. The largest absolute Gasteiger partial charge is 0.343 e. The molecule has 2 aromatic heterocycles. The number of carbonyl (C=O) groups excluding carboxylic acids is 1. The minimum absolute atomic E-state index is 0.207. The zero-order valence-corrected chi connectivity index (χ0v) is 16.9. The Kier molecular flexibility index (Phi) is 6.41. The monoisotopic (exact) mass is 399 g/mol. The van der Waals surface area contributed by atoms with E-state index in [0.29, 0.717) is 24.6 Å². The lowest BCUT2D eigenvalue weighted by molar-refractivity contribution is 0.0945. The van der Waals surface area contributed by atoms with Crippen molar-refractivity contribution in [2.75, 3.05) is 0 Å². The fourth-order valence-corrected chi connectivity index (χ4v) is 4.04. The van der Waals surface area contributed by atoms with E-state index in [-0.39, 0.29) is 5.91 Å². The van der Waals surface area contributed by atoms with Gasteiger partial charge in [-0.25, -0.2) is 4.98 Å². The molecule has 6 nitrogen and oxygen atoms in total. The molecule has 0 saturated heterocycles. The molecule has 0 spiro atoms. The molecule has 0 aliphatic rings. The lowest BCUT2D eigenvalue weighted by atomic mass is 10.2. The van der Waals surface area contributed by atoms with Crippen LogP contribution in [0.4, 0.5) is 0 Å². The number of hydrogen-bond acceptors (Lipinski definition) is 6. The van der Waals surface area contributed by atoms with Crippen molar-refractivity contribution in [3.8, 4) is 0 Å². The summed E-state index contributed by atoms with van der Waals surface area (Å²) in [5.41, 5.74) is 2.91. The molecule has 3 rings (SSSR count). The van der Waals surface area contributed by atoms with E-state index in [1.165, 1.54) is 22.5 Å². The Morgan fingerprint density at radius 3 is 2.93 bits per heavy atom. The summed E-state index contributed by atoms with van der Waals surface area (Å²) in [5.74, 6) is 1.30. The number of nitrogens with one attached hydrogen (secondary N) is 1. The summed E-state index contributed by atoms with van der Waals surface area (Å²) in [6.45, 7) is 8.65. The summed E-state index contributed by atoms with van der Waals surface area (Å²) in [7, 11) is 0. The van der Waals surface area contributed by atoms with Gasteiger partial charge >= 0.3 is 0 Å². The SMILES string of the molecule is C=CCn1c(CNC(=O)c2csc(C)n2)nnc1SCc1cccc(C)c1. The standard InChI is InChI=1S/C19H21N5OS2/c1-4-8-24-17(10-20-18(25)16-12-26-14(3)21-16)22-23-19(24)27-11-15-7-5-6-13(2)9-15/h4-7,9,12H,1,8,10-11H2,2-3H3,(H,20,25). The van der Waals surface area contributed by atoms with Crippen molar-refractivity contribution in [2.45, 2.75) is 37.8 Å². The molecule has 0 fully saturated rings. The highest BCUT2D eigenvalue weighted by Crippen LogP contribution is 2.22. The molecule has 0 saturated carbocycles. The van der Waals surface area contributed by atoms with E-state index in [9.17, 15) is 4.79 Å². The summed E-state index contributed by atoms with van der Waals surface area (Å²) in [6.07, 6.45) is 1.80. The Morgan fingerprint density at radius 1 is 1.37 bits per heavy atom. The van der Waals surface area contributed by atoms with Crippen molar-refractivity contribution in [3.63, 3.8) is 0 Å². The van der Waals surface area contributed by atoms with Gasteiger partial charge in [0.2, 0.25) is 0 Å². The van der Waals surface area contributed by atoms with Gasteiger partial charge in [0.05, 0.1) is 11.6 Å². The van der Waals surface area contributed by atoms with E-state index in [0.717, 1.165) is 15.9 Å². The number of hydrogen-bond donors (Lipinski definition) is 1. The van der Waals surface area contributed by atoms with Crippen molar-refractivity contribution >= 4 is 29.0 Å². The molecule has 1 aromatic carbocycles. The zero-order chi connectivity index (χ0) is 19.2. The van der Waals surface area contributed by atoms with E-state index in [4.69, 9.17) is 0 Å². The molecular weight excluding hydrogens is 378 g/mol. The van der Waals surface area contributed by atoms with Crippen molar-refractivity contribution < 1.29 is 4.79 Å². The fraction of sp³-hybridized carbons (Fsp3) is 0.263. The average molecular weight is 400 g/mol. The van der Waals surface area contributed by atoms with E-state index in [1.54, 1.807) is 23.2 Å². The van der Waals surface area contributed by atoms with Gasteiger partial charge in [-0.3, -0.25) is 4.79 Å². The number of rotatable bonds is 8. The van der Waals surface area contributed by atoms with Crippen LogP contribution >= 0.6 is 23.1 Å². The highest BCUT2D eigenvalue weighted by Gasteiger charge is 2.14. The van der Waals surface area contributed by atoms with Gasteiger partial charge < -0.3 is 9.88 Å². The summed E-state index contributed by atoms with van der Waals surface area (Å²) >= 11 is 3.08. The molecule has 0 unspecified atom stereocenters. The Balaban J connectivity index is 1.67. The van der Waals surface area contributed by atoms with Crippen molar-refractivity contribution in [1.82, 2.24) is 25.1 Å². The minimum atomic E-state index is -0.207. The number of amides is 1. The van der Waals surface area contributed by atoms with Crippen LogP contribution in [-0.4, -0.2) is 25.7 Å². The molecule has 140 valence electrons. The van der Waals surface area contributed by atoms with E-state index in [1.807, 2.05) is 11.5 Å². The van der Waals surface area contributed by atoms with Crippen LogP contribution in [0, 0.1) is 13.8 Å². The maximum absolute atomic E-state index is 12.2. The molecule has 1 amide bonds. The number of aromatic nitrogens is 4. The topological polar surface area (TPSA) is 72.7 Å². The van der Waals surface area contributed by atoms with Crippen LogP contribution in [0.2, 0.25) is 0 Å². The number of carbonyl (C=O) groups is 1. The van der Waals surface area contributed by atoms with Crippen molar-refractivity contribution in [2.24, 2.45) is 0 Å². The van der Waals surface area contributed by atoms with Gasteiger partial charge in [-0.1, -0.05) is 47.7 Å². The highest BCUT2D eigenvalue weighted by molar-refractivity contribution is 7.98. The van der Waals surface area contributed by atoms with Gasteiger partial charge in [0.25, 0.3) is 5.91 Å². The van der Waals surface area contributed by atoms with Gasteiger partial charge in [0.15, 0.2) is 11.0 Å². The van der Waals surface area contributed by atoms with Gasteiger partial charge in [0.1, 0.15) is 5.69 Å². The Labute approximate surface area is 166 Å². The number of aryl methyl sites for hydroxylation is 2. The third kappa shape index (κ3) is 5.05. The van der Waals surface area contributed by atoms with Crippen LogP contribution in [0.5, 0.6) is 0 Å². The third-order valence-corrected chi connectivity index (χ3v) is 5.63. The first kappa shape index (κ1) is 19.3. The molecule has 1 N–H and O–H groups in total. The quantitative estimate of drug-likeness (QED) is 0.461. The first-order chi connectivity index (χ1) is 13.1. The molecule has 0 bridgehead atoms. The Bertz CT molecular complexity index is 947. The number of allylic oxidation sites excluding steroid dienone is 1. The lowest BCUT2D eigenvalue weighted by Gasteiger charge is -2.08. The normalized spacial score (nSPS) is 10.7. The lowest BCUT2D eigenvalue weighted by Crippen LogP contribution is -2.25. The van der Waals surface area contributed by atoms with Gasteiger partial charge in [-0.15, -0.1) is 28.1 Å². The maximum atomic E-state index is 12.2. The second kappa shape index (κ2) is 8.96. The third-order valence-electron chi connectivity index (χ3n) is 3.81. The number of thioether (sulfide) groups is 1. The average Bonchev–Trinajstić information content (AvgIpc) is 3.25. The second-order valence-corrected chi connectivity index (χ2v) is 8.01. The van der Waals surface area contributed by atoms with Crippen molar-refractivity contribution in [3.05, 3.63) is 70.0 Å². The van der Waals surface area contributed by atoms with Crippen LogP contribution in [0.15, 0.2) is 47.5 Å². The summed E-state index contributed by atoms with van der Waals surface area (Å²) < 4.78 is 1.97. The summed E-state index contributed by atoms with van der Waals surface area (Å²) in [6, 6.07) is 8.41. The first-order valence-corrected chi connectivity index (χ1v) is 10.3. The van der Waals surface area contributed by atoms with Crippen LogP contribution < -0.4 is 5.32 Å². The van der Waals surface area contributed by atoms with E-state index >= 15 is 0 Å². The highest BCUT2D eigenvalue weighted by atomic mass is 32.2. The van der Waals surface area contributed by atoms with Gasteiger partial charge in [0, 0.05) is 17.7 Å². The second-order valence-electron chi connectivity index (χ2n) is 6.01. The van der Waals surface area contributed by atoms with Crippen molar-refractivity contribution in [1.29, 1.82) is 0 Å². The minimum Gasteiger partial charge on any atom is -0.343 e. The predicted molar refractivity (Wildman–Crippen MR) is 109 cm³/mol. The van der Waals surface area contributed by atoms with Gasteiger partial charge in [-0.2, -0.15) is 0 Å². The van der Waals surface area contributed by atoms with Crippen LogP contribution in [0.1, 0.15) is 32.4 Å². The van der Waals surface area contributed by atoms with Crippen LogP contribution in [-0.2, 0) is 18.8 Å². The first-order valence-electron chi connectivity index (χ1n) is 8.48. The molecule has 0 aliphatic carbocycles.